The van der Waals surface area contributed by atoms with Crippen LogP contribution in [-0.4, -0.2) is 13.0 Å². The van der Waals surface area contributed by atoms with E-state index in [0.717, 1.165) is 21.4 Å². The third-order valence-corrected chi connectivity index (χ3v) is 3.39. The Morgan fingerprint density at radius 2 is 1.95 bits per heavy atom. The molecular weight excluding hydrogens is 351 g/mol. The summed E-state index contributed by atoms with van der Waals surface area (Å²) in [4.78, 5) is 12.2. The summed E-state index contributed by atoms with van der Waals surface area (Å²) < 4.78 is 1.05. The van der Waals surface area contributed by atoms with E-state index in [9.17, 15) is 4.79 Å². The van der Waals surface area contributed by atoms with Crippen LogP contribution in [-0.2, 0) is 6.54 Å². The minimum Gasteiger partial charge on any atom is -0.322 e. The van der Waals surface area contributed by atoms with Crippen molar-refractivity contribution in [2.75, 3.05) is 12.4 Å². The molecule has 0 fully saturated rings. The van der Waals surface area contributed by atoms with E-state index in [1.54, 1.807) is 0 Å². The van der Waals surface area contributed by atoms with E-state index in [1.165, 1.54) is 0 Å². The third-order valence-electron chi connectivity index (χ3n) is 2.72. The SMILES string of the molecule is CNCc1ccccc1NC(=O)c1cccc(I)c1. The fraction of sp³-hybridized carbons (Fsp3) is 0.133. The highest BCUT2D eigenvalue weighted by Gasteiger charge is 2.08. The predicted molar refractivity (Wildman–Crippen MR) is 86.3 cm³/mol. The molecule has 1 amide bonds. The van der Waals surface area contributed by atoms with Gasteiger partial charge in [-0.2, -0.15) is 0 Å². The molecule has 0 radical (unpaired) electrons. The molecule has 0 saturated carbocycles. The van der Waals surface area contributed by atoms with Gasteiger partial charge in [0.25, 0.3) is 5.91 Å². The highest BCUT2D eigenvalue weighted by molar-refractivity contribution is 14.1. The van der Waals surface area contributed by atoms with E-state index in [1.807, 2.05) is 55.6 Å². The van der Waals surface area contributed by atoms with Crippen LogP contribution in [0.1, 0.15) is 15.9 Å². The van der Waals surface area contributed by atoms with Crippen molar-refractivity contribution in [2.24, 2.45) is 0 Å². The molecule has 2 aromatic carbocycles. The zero-order valence-corrected chi connectivity index (χ0v) is 12.8. The van der Waals surface area contributed by atoms with Crippen LogP contribution in [0.4, 0.5) is 5.69 Å². The van der Waals surface area contributed by atoms with Gasteiger partial charge in [0.15, 0.2) is 0 Å². The summed E-state index contributed by atoms with van der Waals surface area (Å²) in [5.41, 5.74) is 2.59. The molecule has 0 aliphatic rings. The lowest BCUT2D eigenvalue weighted by atomic mass is 10.1. The molecule has 4 heteroatoms. The van der Waals surface area contributed by atoms with Gasteiger partial charge in [-0.05, 0) is 59.5 Å². The molecule has 0 bridgehead atoms. The Hall–Kier alpha value is -1.40. The van der Waals surface area contributed by atoms with E-state index in [0.29, 0.717) is 5.56 Å². The molecule has 3 nitrogen and oxygen atoms in total. The number of hydrogen-bond acceptors (Lipinski definition) is 2. The minimum atomic E-state index is -0.0814. The van der Waals surface area contributed by atoms with Gasteiger partial charge in [0.05, 0.1) is 0 Å². The Kier molecular flexibility index (Phi) is 4.93. The second-order valence-electron chi connectivity index (χ2n) is 4.15. The van der Waals surface area contributed by atoms with Gasteiger partial charge < -0.3 is 10.6 Å². The van der Waals surface area contributed by atoms with Gasteiger partial charge in [0, 0.05) is 21.4 Å². The molecule has 2 N–H and O–H groups in total. The first-order valence-electron chi connectivity index (χ1n) is 6.00. The van der Waals surface area contributed by atoms with Crippen LogP contribution in [0.15, 0.2) is 48.5 Å². The minimum absolute atomic E-state index is 0.0814. The average molecular weight is 366 g/mol. The topological polar surface area (TPSA) is 41.1 Å². The summed E-state index contributed by atoms with van der Waals surface area (Å²) in [6.07, 6.45) is 0. The van der Waals surface area contributed by atoms with Crippen molar-refractivity contribution in [1.29, 1.82) is 0 Å². The van der Waals surface area contributed by atoms with Crippen molar-refractivity contribution in [3.8, 4) is 0 Å². The molecule has 0 aliphatic carbocycles. The molecule has 0 saturated heterocycles. The zero-order chi connectivity index (χ0) is 13.7. The Balaban J connectivity index is 2.19. The number of carbonyl (C=O) groups is 1. The quantitative estimate of drug-likeness (QED) is 0.816. The normalized spacial score (nSPS) is 10.2. The number of rotatable bonds is 4. The van der Waals surface area contributed by atoms with Gasteiger partial charge >= 0.3 is 0 Å². The Morgan fingerprint density at radius 3 is 2.68 bits per heavy atom. The number of amides is 1. The molecule has 98 valence electrons. The van der Waals surface area contributed by atoms with E-state index in [-0.39, 0.29) is 5.91 Å². The number of hydrogen-bond donors (Lipinski definition) is 2. The smallest absolute Gasteiger partial charge is 0.255 e. The number of benzene rings is 2. The van der Waals surface area contributed by atoms with Gasteiger partial charge in [-0.15, -0.1) is 0 Å². The van der Waals surface area contributed by atoms with E-state index < -0.39 is 0 Å². The largest absolute Gasteiger partial charge is 0.322 e. The monoisotopic (exact) mass is 366 g/mol. The molecule has 0 unspecified atom stereocenters. The summed E-state index contributed by atoms with van der Waals surface area (Å²) in [5, 5.41) is 6.05. The van der Waals surface area contributed by atoms with Crippen LogP contribution < -0.4 is 10.6 Å². The second kappa shape index (κ2) is 6.68. The van der Waals surface area contributed by atoms with Crippen LogP contribution >= 0.6 is 22.6 Å². The standard InChI is InChI=1S/C15H15IN2O/c1-17-10-12-5-2-3-8-14(12)18-15(19)11-6-4-7-13(16)9-11/h2-9,17H,10H2,1H3,(H,18,19). The highest BCUT2D eigenvalue weighted by Crippen LogP contribution is 2.16. The summed E-state index contributed by atoms with van der Waals surface area (Å²) in [5.74, 6) is -0.0814. The second-order valence-corrected chi connectivity index (χ2v) is 5.40. The fourth-order valence-electron chi connectivity index (χ4n) is 1.81. The van der Waals surface area contributed by atoms with E-state index >= 15 is 0 Å². The number of nitrogens with one attached hydrogen (secondary N) is 2. The van der Waals surface area contributed by atoms with Crippen LogP contribution in [0.25, 0.3) is 0 Å². The summed E-state index contributed by atoms with van der Waals surface area (Å²) in [6, 6.07) is 15.3. The molecule has 0 spiro atoms. The van der Waals surface area contributed by atoms with Gasteiger partial charge in [0.1, 0.15) is 0 Å². The summed E-state index contributed by atoms with van der Waals surface area (Å²) in [7, 11) is 1.89. The Labute approximate surface area is 126 Å². The maximum absolute atomic E-state index is 12.2. The molecule has 19 heavy (non-hydrogen) atoms. The van der Waals surface area contributed by atoms with Gasteiger partial charge in [-0.1, -0.05) is 24.3 Å². The lowest BCUT2D eigenvalue weighted by Gasteiger charge is -2.10. The average Bonchev–Trinajstić information content (AvgIpc) is 2.41. The van der Waals surface area contributed by atoms with Crippen molar-refractivity contribution in [3.63, 3.8) is 0 Å². The van der Waals surface area contributed by atoms with Gasteiger partial charge in [-0.3, -0.25) is 4.79 Å². The molecule has 0 heterocycles. The maximum Gasteiger partial charge on any atom is 0.255 e. The lowest BCUT2D eigenvalue weighted by molar-refractivity contribution is 0.102. The summed E-state index contributed by atoms with van der Waals surface area (Å²) >= 11 is 2.20. The van der Waals surface area contributed by atoms with Crippen LogP contribution in [0.2, 0.25) is 0 Å². The zero-order valence-electron chi connectivity index (χ0n) is 10.6. The third kappa shape index (κ3) is 3.78. The van der Waals surface area contributed by atoms with Crippen molar-refractivity contribution in [1.82, 2.24) is 5.32 Å². The van der Waals surface area contributed by atoms with E-state index in [2.05, 4.69) is 33.2 Å². The molecule has 0 atom stereocenters. The molecular formula is C15H15IN2O. The van der Waals surface area contributed by atoms with Crippen LogP contribution in [0.3, 0.4) is 0 Å². The van der Waals surface area contributed by atoms with Crippen LogP contribution in [0.5, 0.6) is 0 Å². The Morgan fingerprint density at radius 1 is 1.16 bits per heavy atom. The van der Waals surface area contributed by atoms with E-state index in [4.69, 9.17) is 0 Å². The van der Waals surface area contributed by atoms with Crippen molar-refractivity contribution in [2.45, 2.75) is 6.54 Å². The number of anilines is 1. The first kappa shape index (κ1) is 14.0. The number of carbonyl (C=O) groups excluding carboxylic acids is 1. The maximum atomic E-state index is 12.2. The molecule has 2 aromatic rings. The van der Waals surface area contributed by atoms with Gasteiger partial charge in [0.2, 0.25) is 0 Å². The first-order valence-corrected chi connectivity index (χ1v) is 7.08. The highest BCUT2D eigenvalue weighted by atomic mass is 127. The molecule has 2 rings (SSSR count). The summed E-state index contributed by atoms with van der Waals surface area (Å²) in [6.45, 7) is 0.725. The van der Waals surface area contributed by atoms with Gasteiger partial charge in [-0.25, -0.2) is 0 Å². The number of para-hydroxylation sites is 1. The molecule has 0 aliphatic heterocycles. The van der Waals surface area contributed by atoms with Crippen molar-refractivity contribution < 1.29 is 4.79 Å². The van der Waals surface area contributed by atoms with Crippen molar-refractivity contribution >= 4 is 34.2 Å². The fourth-order valence-corrected chi connectivity index (χ4v) is 2.35. The number of halogens is 1. The lowest BCUT2D eigenvalue weighted by Crippen LogP contribution is -2.15. The predicted octanol–water partition coefficient (Wildman–Crippen LogP) is 3.26. The molecule has 0 aromatic heterocycles. The van der Waals surface area contributed by atoms with Crippen molar-refractivity contribution in [3.05, 3.63) is 63.2 Å². The van der Waals surface area contributed by atoms with Crippen LogP contribution in [0, 0.1) is 3.57 Å². The first-order chi connectivity index (χ1) is 9.20. The Bertz CT molecular complexity index is 584.